The molecule has 5 heterocycles. The number of hydrogen-bond donors (Lipinski definition) is 1. The van der Waals surface area contributed by atoms with E-state index in [0.29, 0.717) is 27.3 Å². The number of fused-ring (bicyclic) bond motifs is 3. The number of nitrogens with zero attached hydrogens (tertiary/aromatic N) is 3. The highest BCUT2D eigenvalue weighted by atomic mass is 35.5. The summed E-state index contributed by atoms with van der Waals surface area (Å²) < 4.78 is 58.9. The predicted octanol–water partition coefficient (Wildman–Crippen LogP) is 8.53. The molecule has 2 bridgehead atoms. The first-order valence-electron chi connectivity index (χ1n) is 16.9. The highest BCUT2D eigenvalue weighted by Crippen LogP contribution is 2.42. The largest absolute Gasteiger partial charge is 0.619 e. The minimum atomic E-state index is -3.14. The number of aromatic carboxylic acids is 1. The fourth-order valence-corrected chi connectivity index (χ4v) is 8.54. The van der Waals surface area contributed by atoms with Gasteiger partial charge in [0.15, 0.2) is 23.9 Å². The first kappa shape index (κ1) is 38.5. The molecule has 0 unspecified atom stereocenters. The Morgan fingerprint density at radius 1 is 1.06 bits per heavy atom. The van der Waals surface area contributed by atoms with Crippen LogP contribution in [-0.2, 0) is 17.7 Å². The van der Waals surface area contributed by atoms with Gasteiger partial charge in [-0.05, 0) is 93.6 Å². The average Bonchev–Trinajstić information content (AvgIpc) is 3.52. The number of carbonyl (C=O) groups excluding carboxylic acids is 1. The van der Waals surface area contributed by atoms with Gasteiger partial charge in [0.1, 0.15) is 26.8 Å². The second-order valence-corrected chi connectivity index (χ2v) is 15.2. The van der Waals surface area contributed by atoms with Crippen molar-refractivity contribution in [3.63, 3.8) is 0 Å². The second-order valence-electron chi connectivity index (χ2n) is 13.2. The van der Waals surface area contributed by atoms with Crippen LogP contribution in [-0.4, -0.2) is 60.5 Å². The van der Waals surface area contributed by atoms with Gasteiger partial charge >= 0.3 is 18.7 Å². The van der Waals surface area contributed by atoms with Crippen molar-refractivity contribution in [3.05, 3.63) is 108 Å². The maximum atomic E-state index is 15.3. The van der Waals surface area contributed by atoms with Crippen molar-refractivity contribution in [2.24, 2.45) is 5.92 Å². The Morgan fingerprint density at radius 2 is 1.75 bits per heavy atom. The zero-order chi connectivity index (χ0) is 38.0. The highest BCUT2D eigenvalue weighted by molar-refractivity contribution is 7.14. The molecule has 1 N–H and O–H groups in total. The topological polar surface area (TPSA) is 115 Å². The Hall–Kier alpha value is -4.24. The summed E-state index contributed by atoms with van der Waals surface area (Å²) in [7, 11) is 0. The smallest absolute Gasteiger partial charge is 0.415 e. The molecule has 7 rings (SSSR count). The van der Waals surface area contributed by atoms with Crippen LogP contribution in [0.15, 0.2) is 60.9 Å². The SMILES string of the molecule is CC(C)Oc1cc([C@H](Cc2c(Cl)c[n+]([O-])cc2Cl)c2cc(CN(C(=O)O[C@H]3CN4CCC3CC4)c3ccccc3F)sc2C(=O)O)ccc1OC(F)F. The summed E-state index contributed by atoms with van der Waals surface area (Å²) in [4.78, 5) is 30.4. The minimum absolute atomic E-state index is 0.0148. The van der Waals surface area contributed by atoms with Gasteiger partial charge in [-0.1, -0.05) is 41.4 Å². The number of ether oxygens (including phenoxy) is 3. The van der Waals surface area contributed by atoms with Crippen molar-refractivity contribution in [3.8, 4) is 11.5 Å². The number of alkyl halides is 2. The van der Waals surface area contributed by atoms with Crippen LogP contribution in [0.2, 0.25) is 10.0 Å². The summed E-state index contributed by atoms with van der Waals surface area (Å²) >= 11 is 13.9. The summed E-state index contributed by atoms with van der Waals surface area (Å²) in [5.41, 5.74) is 0.970. The minimum Gasteiger partial charge on any atom is -0.619 e. The van der Waals surface area contributed by atoms with Crippen molar-refractivity contribution in [1.29, 1.82) is 0 Å². The number of rotatable bonds is 13. The van der Waals surface area contributed by atoms with Gasteiger partial charge in [0.05, 0.1) is 18.3 Å². The van der Waals surface area contributed by atoms with Crippen LogP contribution in [0.4, 0.5) is 23.7 Å². The quantitative estimate of drug-likeness (QED) is 0.106. The number of carbonyl (C=O) groups is 2. The van der Waals surface area contributed by atoms with Crippen LogP contribution < -0.4 is 19.1 Å². The number of amides is 1. The number of carboxylic acids is 1. The molecule has 53 heavy (non-hydrogen) atoms. The van der Waals surface area contributed by atoms with E-state index >= 15 is 4.39 Å². The number of para-hydroxylation sites is 1. The van der Waals surface area contributed by atoms with E-state index in [1.807, 2.05) is 0 Å². The number of carboxylic acid groups (broad SMARTS) is 1. The van der Waals surface area contributed by atoms with Gasteiger partial charge in [0.2, 0.25) is 0 Å². The van der Waals surface area contributed by atoms with E-state index in [-0.39, 0.29) is 62.7 Å². The molecule has 3 aliphatic rings. The predicted molar refractivity (Wildman–Crippen MR) is 193 cm³/mol. The van der Waals surface area contributed by atoms with Crippen LogP contribution in [0, 0.1) is 16.9 Å². The highest BCUT2D eigenvalue weighted by Gasteiger charge is 2.38. The first-order chi connectivity index (χ1) is 25.3. The number of benzene rings is 2. The number of pyridine rings is 1. The molecule has 16 heteroatoms. The van der Waals surface area contributed by atoms with Gasteiger partial charge < -0.3 is 24.5 Å². The molecule has 0 radical (unpaired) electrons. The number of anilines is 1. The van der Waals surface area contributed by atoms with E-state index in [1.165, 1.54) is 36.4 Å². The molecule has 0 spiro atoms. The molecule has 2 aromatic carbocycles. The van der Waals surface area contributed by atoms with Gasteiger partial charge in [-0.15, -0.1) is 11.3 Å². The lowest BCUT2D eigenvalue weighted by atomic mass is 9.85. The lowest BCUT2D eigenvalue weighted by Crippen LogP contribution is -2.53. The Kier molecular flexibility index (Phi) is 11.9. The van der Waals surface area contributed by atoms with Crippen molar-refractivity contribution in [2.75, 3.05) is 24.5 Å². The van der Waals surface area contributed by atoms with Crippen molar-refractivity contribution in [1.82, 2.24) is 4.90 Å². The third kappa shape index (κ3) is 8.94. The van der Waals surface area contributed by atoms with Gasteiger partial charge in [0, 0.05) is 22.9 Å². The molecule has 4 aromatic rings. The number of thiophene rings is 1. The van der Waals surface area contributed by atoms with Crippen LogP contribution in [0.3, 0.4) is 0 Å². The summed E-state index contributed by atoms with van der Waals surface area (Å²) in [6.07, 6.45) is 2.37. The molecule has 282 valence electrons. The van der Waals surface area contributed by atoms with Gasteiger partial charge in [-0.3, -0.25) is 9.80 Å². The van der Waals surface area contributed by atoms with Gasteiger partial charge in [0.25, 0.3) is 0 Å². The number of aromatic nitrogens is 1. The zero-order valence-corrected chi connectivity index (χ0v) is 31.0. The van der Waals surface area contributed by atoms with Crippen molar-refractivity contribution >= 4 is 52.3 Å². The monoisotopic (exact) mass is 793 g/mol. The number of hydrogen-bond acceptors (Lipinski definition) is 8. The zero-order valence-electron chi connectivity index (χ0n) is 28.6. The Balaban J connectivity index is 1.43. The van der Waals surface area contributed by atoms with E-state index < -0.39 is 36.5 Å². The maximum absolute atomic E-state index is 15.3. The molecular weight excluding hydrogens is 758 g/mol. The average molecular weight is 795 g/mol. The fourth-order valence-electron chi connectivity index (χ4n) is 6.89. The summed E-state index contributed by atoms with van der Waals surface area (Å²) in [5.74, 6) is -2.87. The molecule has 10 nitrogen and oxygen atoms in total. The third-order valence-corrected chi connectivity index (χ3v) is 11.1. The Bertz CT molecular complexity index is 1950. The van der Waals surface area contributed by atoms with E-state index in [0.717, 1.165) is 54.6 Å². The first-order valence-corrected chi connectivity index (χ1v) is 18.5. The van der Waals surface area contributed by atoms with Crippen molar-refractivity contribution in [2.45, 2.75) is 64.4 Å². The molecule has 1 amide bonds. The Labute approximate surface area is 317 Å². The van der Waals surface area contributed by atoms with E-state index in [2.05, 4.69) is 4.90 Å². The van der Waals surface area contributed by atoms with Crippen LogP contribution in [0.5, 0.6) is 11.5 Å². The van der Waals surface area contributed by atoms with E-state index in [9.17, 15) is 28.7 Å². The van der Waals surface area contributed by atoms with Crippen LogP contribution in [0.1, 0.15) is 63.8 Å². The Morgan fingerprint density at radius 3 is 2.36 bits per heavy atom. The summed E-state index contributed by atoms with van der Waals surface area (Å²) in [5, 5.41) is 22.6. The van der Waals surface area contributed by atoms with Gasteiger partial charge in [-0.25, -0.2) is 14.0 Å². The standard InChI is InChI=1S/C37H36Cl2F3N3O7S/c1-20(2)50-32-13-22(7-8-31(32)51-36(41)42)24(15-26-27(38)17-44(49)18-28(26)39)25-14-23(53-34(25)35(46)47)16-45(30-6-4-3-5-29(30)40)37(48)52-33-19-43-11-9-21(33)10-12-43/h3-8,13-14,17-18,20-21,24,33,36H,9-12,15-16,19H2,1-2H3,(H,46,47)/t24-,33-/m0/s1. The number of piperidine rings is 3. The van der Waals surface area contributed by atoms with E-state index in [4.69, 9.17) is 37.4 Å². The molecule has 3 fully saturated rings. The molecule has 3 saturated heterocycles. The summed E-state index contributed by atoms with van der Waals surface area (Å²) in [6, 6.07) is 11.6. The maximum Gasteiger partial charge on any atom is 0.415 e. The molecule has 0 saturated carbocycles. The third-order valence-electron chi connectivity index (χ3n) is 9.32. The fraction of sp³-hybridized carbons (Fsp3) is 0.378. The molecule has 2 aromatic heterocycles. The lowest BCUT2D eigenvalue weighted by Gasteiger charge is -2.44. The van der Waals surface area contributed by atoms with Crippen LogP contribution in [0.25, 0.3) is 0 Å². The number of halogens is 5. The second kappa shape index (κ2) is 16.4. The molecule has 0 aliphatic carbocycles. The van der Waals surface area contributed by atoms with Crippen molar-refractivity contribution < 1.29 is 46.8 Å². The lowest BCUT2D eigenvalue weighted by molar-refractivity contribution is -0.605. The molecule has 3 aliphatic heterocycles. The molecule has 2 atom stereocenters. The summed E-state index contributed by atoms with van der Waals surface area (Å²) in [6.45, 7) is 2.47. The molecular formula is C37H36Cl2F3N3O7S. The normalized spacial score (nSPS) is 18.6. The van der Waals surface area contributed by atoms with Crippen LogP contribution >= 0.6 is 34.5 Å². The van der Waals surface area contributed by atoms with E-state index in [1.54, 1.807) is 26.0 Å². The van der Waals surface area contributed by atoms with Gasteiger partial charge in [-0.2, -0.15) is 13.5 Å².